The first kappa shape index (κ1) is 21.2. The van der Waals surface area contributed by atoms with Gasteiger partial charge in [-0.1, -0.05) is 20.8 Å². The molecule has 0 aromatic rings. The number of nitrogens with zero attached hydrogens (tertiary/aromatic N) is 1. The summed E-state index contributed by atoms with van der Waals surface area (Å²) in [4.78, 5) is 26.8. The summed E-state index contributed by atoms with van der Waals surface area (Å²) in [7, 11) is 0. The molecule has 5 nitrogen and oxygen atoms in total. The van der Waals surface area contributed by atoms with Crippen molar-refractivity contribution in [1.82, 2.24) is 10.2 Å². The molecule has 0 saturated carbocycles. The van der Waals surface area contributed by atoms with E-state index in [9.17, 15) is 9.59 Å². The Hall–Kier alpha value is -0.810. The van der Waals surface area contributed by atoms with Gasteiger partial charge in [-0.15, -0.1) is 12.4 Å². The van der Waals surface area contributed by atoms with Crippen molar-refractivity contribution in [3.8, 4) is 0 Å². The van der Waals surface area contributed by atoms with E-state index < -0.39 is 5.41 Å². The van der Waals surface area contributed by atoms with E-state index in [4.69, 9.17) is 5.73 Å². The molecule has 1 saturated heterocycles. The van der Waals surface area contributed by atoms with Crippen LogP contribution in [0.15, 0.2) is 0 Å². The first-order chi connectivity index (χ1) is 10.0. The molecule has 1 fully saturated rings. The third-order valence-electron chi connectivity index (χ3n) is 4.83. The molecular formula is C16H32ClN3O2. The Labute approximate surface area is 140 Å². The van der Waals surface area contributed by atoms with E-state index >= 15 is 0 Å². The summed E-state index contributed by atoms with van der Waals surface area (Å²) in [5.41, 5.74) is 5.41. The van der Waals surface area contributed by atoms with Gasteiger partial charge in [0, 0.05) is 26.2 Å². The number of nitrogens with one attached hydrogen (secondary N) is 1. The molecule has 3 N–H and O–H groups in total. The first-order valence-corrected chi connectivity index (χ1v) is 8.31. The van der Waals surface area contributed by atoms with Crippen molar-refractivity contribution in [2.24, 2.45) is 17.1 Å². The largest absolute Gasteiger partial charge is 0.356 e. The molecule has 0 aliphatic carbocycles. The quantitative estimate of drug-likeness (QED) is 0.747. The van der Waals surface area contributed by atoms with Crippen molar-refractivity contribution >= 4 is 24.2 Å². The molecule has 0 radical (unpaired) electrons. The van der Waals surface area contributed by atoms with Gasteiger partial charge in [0.1, 0.15) is 0 Å². The van der Waals surface area contributed by atoms with Crippen LogP contribution in [0.4, 0.5) is 0 Å². The maximum atomic E-state index is 12.8. The summed E-state index contributed by atoms with van der Waals surface area (Å²) in [5.74, 6) is 0.141. The summed E-state index contributed by atoms with van der Waals surface area (Å²) in [5, 5.41) is 2.94. The maximum Gasteiger partial charge on any atom is 0.230 e. The fourth-order valence-electron chi connectivity index (χ4n) is 3.03. The minimum absolute atomic E-state index is 0. The molecule has 0 aromatic carbocycles. The standard InChI is InChI=1S/C16H31N3O2.ClH/c1-4-9-18-14(20)13-8-7-10-19(11-13)15(21)16(5-2,6-3)12-17;/h13H,4-12,17H2,1-3H3,(H,18,20);1H. The highest BCUT2D eigenvalue weighted by molar-refractivity contribution is 5.85. The second kappa shape index (κ2) is 10.1. The van der Waals surface area contributed by atoms with Crippen LogP contribution in [0.25, 0.3) is 0 Å². The number of amides is 2. The van der Waals surface area contributed by atoms with Crippen LogP contribution in [-0.4, -0.2) is 42.9 Å². The number of hydrogen-bond acceptors (Lipinski definition) is 3. The number of piperidine rings is 1. The zero-order valence-corrected chi connectivity index (χ0v) is 15.0. The summed E-state index contributed by atoms with van der Waals surface area (Å²) in [6.07, 6.45) is 4.20. The minimum atomic E-state index is -0.457. The van der Waals surface area contributed by atoms with Crippen LogP contribution in [0.1, 0.15) is 52.9 Å². The molecule has 2 amide bonds. The summed E-state index contributed by atoms with van der Waals surface area (Å²) in [6.45, 7) is 8.44. The fourth-order valence-corrected chi connectivity index (χ4v) is 3.03. The van der Waals surface area contributed by atoms with Crippen LogP contribution < -0.4 is 11.1 Å². The molecule has 130 valence electrons. The van der Waals surface area contributed by atoms with Gasteiger partial charge in [-0.25, -0.2) is 0 Å². The fraction of sp³-hybridized carbons (Fsp3) is 0.875. The maximum absolute atomic E-state index is 12.8. The van der Waals surface area contributed by atoms with Gasteiger partial charge in [0.25, 0.3) is 0 Å². The zero-order valence-electron chi connectivity index (χ0n) is 14.2. The van der Waals surface area contributed by atoms with Crippen molar-refractivity contribution in [1.29, 1.82) is 0 Å². The van der Waals surface area contributed by atoms with Gasteiger partial charge in [0.15, 0.2) is 0 Å². The van der Waals surface area contributed by atoms with Crippen LogP contribution in [0.2, 0.25) is 0 Å². The van der Waals surface area contributed by atoms with Crippen molar-refractivity contribution < 1.29 is 9.59 Å². The first-order valence-electron chi connectivity index (χ1n) is 8.31. The second-order valence-corrected chi connectivity index (χ2v) is 6.07. The van der Waals surface area contributed by atoms with Gasteiger partial charge in [-0.05, 0) is 32.1 Å². The molecule has 22 heavy (non-hydrogen) atoms. The highest BCUT2D eigenvalue weighted by Crippen LogP contribution is 2.30. The number of likely N-dealkylation sites (tertiary alicyclic amines) is 1. The van der Waals surface area contributed by atoms with Gasteiger partial charge in [0.2, 0.25) is 11.8 Å². The van der Waals surface area contributed by atoms with E-state index in [1.54, 1.807) is 0 Å². The number of nitrogens with two attached hydrogens (primary N) is 1. The van der Waals surface area contributed by atoms with Crippen LogP contribution in [0.3, 0.4) is 0 Å². The number of halogens is 1. The molecule has 0 spiro atoms. The molecule has 1 aliphatic heterocycles. The predicted octanol–water partition coefficient (Wildman–Crippen LogP) is 1.94. The lowest BCUT2D eigenvalue weighted by Crippen LogP contribution is -2.52. The Bertz CT molecular complexity index is 351. The number of hydrogen-bond donors (Lipinski definition) is 2. The van der Waals surface area contributed by atoms with E-state index in [0.29, 0.717) is 19.6 Å². The second-order valence-electron chi connectivity index (χ2n) is 6.07. The topological polar surface area (TPSA) is 75.4 Å². The molecule has 1 aliphatic rings. The van der Waals surface area contributed by atoms with Crippen molar-refractivity contribution in [2.45, 2.75) is 52.9 Å². The Kier molecular flexibility index (Phi) is 9.69. The number of carbonyl (C=O) groups excluding carboxylic acids is 2. The molecule has 1 rings (SSSR count). The Balaban J connectivity index is 0.00000441. The predicted molar refractivity (Wildman–Crippen MR) is 91.9 cm³/mol. The lowest BCUT2D eigenvalue weighted by molar-refractivity contribution is -0.145. The van der Waals surface area contributed by atoms with Crippen LogP contribution in [-0.2, 0) is 9.59 Å². The summed E-state index contributed by atoms with van der Waals surface area (Å²) < 4.78 is 0. The molecule has 6 heteroatoms. The molecule has 0 bridgehead atoms. The number of rotatable bonds is 7. The lowest BCUT2D eigenvalue weighted by atomic mass is 9.80. The molecule has 1 heterocycles. The van der Waals surface area contributed by atoms with E-state index in [-0.39, 0.29) is 30.1 Å². The van der Waals surface area contributed by atoms with Crippen LogP contribution >= 0.6 is 12.4 Å². The van der Waals surface area contributed by atoms with Crippen molar-refractivity contribution in [2.75, 3.05) is 26.2 Å². The molecular weight excluding hydrogens is 302 g/mol. The zero-order chi connectivity index (χ0) is 15.9. The smallest absolute Gasteiger partial charge is 0.230 e. The van der Waals surface area contributed by atoms with Gasteiger partial charge in [-0.2, -0.15) is 0 Å². The summed E-state index contributed by atoms with van der Waals surface area (Å²) >= 11 is 0. The van der Waals surface area contributed by atoms with Crippen molar-refractivity contribution in [3.63, 3.8) is 0 Å². The van der Waals surface area contributed by atoms with Crippen molar-refractivity contribution in [3.05, 3.63) is 0 Å². The van der Waals surface area contributed by atoms with Gasteiger partial charge >= 0.3 is 0 Å². The van der Waals surface area contributed by atoms with E-state index in [2.05, 4.69) is 5.32 Å². The van der Waals surface area contributed by atoms with Gasteiger partial charge < -0.3 is 16.0 Å². The molecule has 0 aromatic heterocycles. The normalized spacial score (nSPS) is 18.5. The monoisotopic (exact) mass is 333 g/mol. The van der Waals surface area contributed by atoms with E-state index in [0.717, 1.165) is 38.6 Å². The van der Waals surface area contributed by atoms with E-state index in [1.807, 2.05) is 25.7 Å². The molecule has 1 unspecified atom stereocenters. The third kappa shape index (κ3) is 4.85. The summed E-state index contributed by atoms with van der Waals surface area (Å²) in [6, 6.07) is 0. The molecule has 1 atom stereocenters. The minimum Gasteiger partial charge on any atom is -0.356 e. The average molecular weight is 334 g/mol. The van der Waals surface area contributed by atoms with Crippen LogP contribution in [0.5, 0.6) is 0 Å². The van der Waals surface area contributed by atoms with Gasteiger partial charge in [0.05, 0.1) is 11.3 Å². The van der Waals surface area contributed by atoms with E-state index in [1.165, 1.54) is 0 Å². The van der Waals surface area contributed by atoms with Gasteiger partial charge in [-0.3, -0.25) is 9.59 Å². The Morgan fingerprint density at radius 2 is 1.91 bits per heavy atom. The highest BCUT2D eigenvalue weighted by atomic mass is 35.5. The highest BCUT2D eigenvalue weighted by Gasteiger charge is 2.39. The SMILES string of the molecule is CCCNC(=O)C1CCCN(C(=O)C(CC)(CC)CN)C1.Cl. The Morgan fingerprint density at radius 3 is 2.41 bits per heavy atom. The van der Waals surface area contributed by atoms with Crippen LogP contribution in [0, 0.1) is 11.3 Å². The Morgan fingerprint density at radius 1 is 1.27 bits per heavy atom. The average Bonchev–Trinajstić information content (AvgIpc) is 2.54. The third-order valence-corrected chi connectivity index (χ3v) is 4.83. The lowest BCUT2D eigenvalue weighted by Gasteiger charge is -2.39. The number of carbonyl (C=O) groups is 2.